The van der Waals surface area contributed by atoms with Gasteiger partial charge in [0.1, 0.15) is 25.2 Å². The van der Waals surface area contributed by atoms with Gasteiger partial charge in [0.15, 0.2) is 0 Å². The number of para-hydroxylation sites is 2. The van der Waals surface area contributed by atoms with Crippen LogP contribution in [0.2, 0.25) is 0 Å². The van der Waals surface area contributed by atoms with E-state index in [4.69, 9.17) is 22.0 Å². The minimum atomic E-state index is -0.456. The van der Waals surface area contributed by atoms with Crippen molar-refractivity contribution < 1.29 is 9.59 Å². The van der Waals surface area contributed by atoms with Crippen LogP contribution >= 0.6 is 0 Å². The number of rotatable bonds is 9. The van der Waals surface area contributed by atoms with Gasteiger partial charge in [0.05, 0.1) is 74.9 Å². The van der Waals surface area contributed by atoms with Gasteiger partial charge in [0, 0.05) is 6.04 Å². The summed E-state index contributed by atoms with van der Waals surface area (Å²) in [6, 6.07) is 35.5. The Bertz CT molecular complexity index is 2600. The lowest BCUT2D eigenvalue weighted by atomic mass is 9.95. The van der Waals surface area contributed by atoms with E-state index in [0.29, 0.717) is 33.2 Å². The maximum absolute atomic E-state index is 12.5. The number of nitriles is 4. The van der Waals surface area contributed by atoms with Crippen molar-refractivity contribution in [1.29, 1.82) is 21.0 Å². The van der Waals surface area contributed by atoms with Gasteiger partial charge in [-0.1, -0.05) is 60.7 Å². The monoisotopic (exact) mass is 755 g/mol. The molecule has 2 fully saturated rings. The molecule has 284 valence electrons. The number of benzene rings is 4. The number of nitrogens with two attached hydrogens (primary N) is 2. The third-order valence-electron chi connectivity index (χ3n) is 10.4. The Kier molecular flexibility index (Phi) is 11.5. The maximum atomic E-state index is 12.5. The highest BCUT2D eigenvalue weighted by atomic mass is 16.2. The van der Waals surface area contributed by atoms with E-state index in [2.05, 4.69) is 39.6 Å². The van der Waals surface area contributed by atoms with E-state index in [0.717, 1.165) is 47.9 Å². The van der Waals surface area contributed by atoms with Crippen molar-refractivity contribution in [3.63, 3.8) is 0 Å². The standard InChI is InChI=1S/C22H19N5O.C12H14N2.C10H8N4O/c1-15(16-5-7-18(8-6-16)22(13-24)9-10-22)26-20(28)12-27-14-25-19-4-2-3-17(11-23)21(19)27;1-9(14)10-2-4-11(5-3-10)12(8-13)6-7-12;11-4-7-2-1-3-8-10(7)14(6-13-8)5-9(12)15/h2-8,14-15H,9-10,12H2,1H3,(H,26,28);2-5,9H,6-7,14H2,1H3;1-3,6H,5H2,(H2,12,15). The molecule has 2 aromatic heterocycles. The lowest BCUT2D eigenvalue weighted by Crippen LogP contribution is -2.30. The van der Waals surface area contributed by atoms with Crippen molar-refractivity contribution in [2.24, 2.45) is 11.5 Å². The number of hydrogen-bond acceptors (Lipinski definition) is 9. The quantitative estimate of drug-likeness (QED) is 0.157. The fourth-order valence-electron chi connectivity index (χ4n) is 6.74. The molecule has 13 heteroatoms. The first-order valence-electron chi connectivity index (χ1n) is 18.5. The van der Waals surface area contributed by atoms with Gasteiger partial charge in [-0.05, 0) is 86.1 Å². The molecule has 0 spiro atoms. The Labute approximate surface area is 330 Å². The molecule has 8 rings (SSSR count). The second-order valence-electron chi connectivity index (χ2n) is 14.5. The van der Waals surface area contributed by atoms with Crippen LogP contribution in [-0.4, -0.2) is 30.9 Å². The predicted octanol–water partition coefficient (Wildman–Crippen LogP) is 6.00. The van der Waals surface area contributed by atoms with Gasteiger partial charge in [-0.2, -0.15) is 21.0 Å². The molecule has 2 amide bonds. The molecule has 0 aliphatic heterocycles. The van der Waals surface area contributed by atoms with Crippen molar-refractivity contribution in [3.8, 4) is 24.3 Å². The highest BCUT2D eigenvalue weighted by Crippen LogP contribution is 2.48. The van der Waals surface area contributed by atoms with E-state index >= 15 is 0 Å². The largest absolute Gasteiger partial charge is 0.368 e. The normalized spacial score (nSPS) is 15.1. The van der Waals surface area contributed by atoms with Crippen LogP contribution in [0.4, 0.5) is 0 Å². The molecule has 57 heavy (non-hydrogen) atoms. The molecule has 0 radical (unpaired) electrons. The summed E-state index contributed by atoms with van der Waals surface area (Å²) in [5.41, 5.74) is 18.4. The number of carbonyl (C=O) groups excluding carboxylic acids is 2. The van der Waals surface area contributed by atoms with Crippen molar-refractivity contribution in [2.45, 2.75) is 75.5 Å². The SMILES string of the molecule is CC(N)c1ccc(C2(C#N)CC2)cc1.CC(NC(=O)Cn1cnc2cccc(C#N)c21)c1ccc(C2(C#N)CC2)cc1.N#Cc1cccc2ncn(CC(N)=O)c12. The zero-order valence-corrected chi connectivity index (χ0v) is 31.7. The average molecular weight is 756 g/mol. The van der Waals surface area contributed by atoms with Gasteiger partial charge in [-0.3, -0.25) is 9.59 Å². The van der Waals surface area contributed by atoms with Gasteiger partial charge in [0.25, 0.3) is 0 Å². The molecule has 2 saturated carbocycles. The lowest BCUT2D eigenvalue weighted by Gasteiger charge is -2.16. The zero-order valence-electron chi connectivity index (χ0n) is 31.7. The summed E-state index contributed by atoms with van der Waals surface area (Å²) in [6.07, 6.45) is 6.93. The molecule has 5 N–H and O–H groups in total. The molecule has 2 aliphatic rings. The van der Waals surface area contributed by atoms with E-state index in [1.165, 1.54) is 6.33 Å². The van der Waals surface area contributed by atoms with Crippen LogP contribution in [0.5, 0.6) is 0 Å². The van der Waals surface area contributed by atoms with Crippen LogP contribution in [0.3, 0.4) is 0 Å². The number of aromatic nitrogens is 4. The zero-order chi connectivity index (χ0) is 40.7. The number of amides is 2. The number of carbonyl (C=O) groups is 2. The second kappa shape index (κ2) is 16.6. The average Bonchev–Trinajstić information content (AvgIpc) is 4.14. The summed E-state index contributed by atoms with van der Waals surface area (Å²) < 4.78 is 3.28. The fourth-order valence-corrected chi connectivity index (χ4v) is 6.74. The third kappa shape index (κ3) is 8.66. The van der Waals surface area contributed by atoms with Crippen molar-refractivity contribution in [1.82, 2.24) is 24.4 Å². The molecule has 2 aliphatic carbocycles. The fraction of sp³-hybridized carbons (Fsp3) is 0.273. The van der Waals surface area contributed by atoms with Gasteiger partial charge in [0.2, 0.25) is 11.8 Å². The van der Waals surface area contributed by atoms with Gasteiger partial charge in [-0.25, -0.2) is 9.97 Å². The molecular weight excluding hydrogens is 715 g/mol. The van der Waals surface area contributed by atoms with E-state index in [-0.39, 0.29) is 41.9 Å². The number of imidazole rings is 2. The first kappa shape index (κ1) is 39.4. The summed E-state index contributed by atoms with van der Waals surface area (Å²) >= 11 is 0. The minimum Gasteiger partial charge on any atom is -0.368 e. The topological polar surface area (TPSA) is 229 Å². The number of primary amides is 1. The van der Waals surface area contributed by atoms with Crippen LogP contribution in [0.25, 0.3) is 22.1 Å². The minimum absolute atomic E-state index is 0.0369. The Morgan fingerprint density at radius 1 is 0.702 bits per heavy atom. The van der Waals surface area contributed by atoms with E-state index in [1.54, 1.807) is 45.8 Å². The maximum Gasteiger partial charge on any atom is 0.240 e. The van der Waals surface area contributed by atoms with Crippen LogP contribution in [0.15, 0.2) is 97.6 Å². The first-order valence-corrected chi connectivity index (χ1v) is 18.5. The van der Waals surface area contributed by atoms with Crippen LogP contribution < -0.4 is 16.8 Å². The molecular formula is C44H41N11O2. The van der Waals surface area contributed by atoms with E-state index in [1.807, 2.05) is 68.4 Å². The molecule has 2 atom stereocenters. The summed E-state index contributed by atoms with van der Waals surface area (Å²) in [5, 5.41) is 39.5. The molecule has 4 aromatic carbocycles. The Hall–Kier alpha value is -7.32. The van der Waals surface area contributed by atoms with Crippen molar-refractivity contribution >= 4 is 33.9 Å². The molecule has 2 unspecified atom stereocenters. The number of nitrogens with zero attached hydrogens (tertiary/aromatic N) is 8. The summed E-state index contributed by atoms with van der Waals surface area (Å²) in [7, 11) is 0. The first-order chi connectivity index (χ1) is 27.5. The number of nitrogens with one attached hydrogen (secondary N) is 1. The van der Waals surface area contributed by atoms with Crippen molar-refractivity contribution in [3.05, 3.63) is 131 Å². The number of hydrogen-bond donors (Lipinski definition) is 3. The van der Waals surface area contributed by atoms with Crippen LogP contribution in [0, 0.1) is 45.3 Å². The third-order valence-corrected chi connectivity index (χ3v) is 10.4. The smallest absolute Gasteiger partial charge is 0.240 e. The molecule has 2 heterocycles. The molecule has 0 bridgehead atoms. The highest BCUT2D eigenvalue weighted by molar-refractivity contribution is 5.85. The Balaban J connectivity index is 0.000000159. The Morgan fingerprint density at radius 2 is 1.14 bits per heavy atom. The van der Waals surface area contributed by atoms with Gasteiger partial charge < -0.3 is 25.9 Å². The lowest BCUT2D eigenvalue weighted by molar-refractivity contribution is -0.122. The molecule has 13 nitrogen and oxygen atoms in total. The predicted molar refractivity (Wildman–Crippen MR) is 213 cm³/mol. The highest BCUT2D eigenvalue weighted by Gasteiger charge is 2.45. The molecule has 0 saturated heterocycles. The second-order valence-corrected chi connectivity index (χ2v) is 14.5. The number of fused-ring (bicyclic) bond motifs is 2. The van der Waals surface area contributed by atoms with E-state index < -0.39 is 5.91 Å². The molecule has 6 aromatic rings. The van der Waals surface area contributed by atoms with Crippen LogP contribution in [-0.2, 0) is 33.5 Å². The van der Waals surface area contributed by atoms with Crippen LogP contribution in [0.1, 0.15) is 85.0 Å². The van der Waals surface area contributed by atoms with Crippen molar-refractivity contribution in [2.75, 3.05) is 0 Å². The summed E-state index contributed by atoms with van der Waals surface area (Å²) in [6.45, 7) is 4.02. The van der Waals surface area contributed by atoms with Gasteiger partial charge in [-0.15, -0.1) is 0 Å². The van der Waals surface area contributed by atoms with E-state index in [9.17, 15) is 20.1 Å². The van der Waals surface area contributed by atoms with Gasteiger partial charge >= 0.3 is 0 Å². The summed E-state index contributed by atoms with van der Waals surface area (Å²) in [4.78, 5) is 31.7. The summed E-state index contributed by atoms with van der Waals surface area (Å²) in [5.74, 6) is -0.610. The Morgan fingerprint density at radius 3 is 1.53 bits per heavy atom.